The standard InChI is InChI=1S/C51H35NO2S/c1-51(2)42-15-8-6-13-38(42)41-30-46-47(31-43(41)51)54-50-44(16-10-17-45(50)53-46)52(36-24-19-33(20-25-36)32-11-4-3-5-12-32)37-26-21-34(22-27-37)35-23-28-40-39-14-7-9-18-48(39)55-49(40)29-35/h3-31H,1-2H3. The van der Waals surface area contributed by atoms with E-state index in [0.717, 1.165) is 34.1 Å². The third-order valence-electron chi connectivity index (χ3n) is 11.3. The second-order valence-electron chi connectivity index (χ2n) is 14.9. The molecule has 0 N–H and O–H groups in total. The Morgan fingerprint density at radius 2 is 1.07 bits per heavy atom. The van der Waals surface area contributed by atoms with E-state index in [1.54, 1.807) is 0 Å². The number of nitrogens with zero attached hydrogens (tertiary/aromatic N) is 1. The topological polar surface area (TPSA) is 21.7 Å². The van der Waals surface area contributed by atoms with Crippen molar-refractivity contribution < 1.29 is 9.47 Å². The minimum Gasteiger partial charge on any atom is -0.449 e. The molecule has 11 rings (SSSR count). The van der Waals surface area contributed by atoms with Crippen LogP contribution in [0.25, 0.3) is 53.6 Å². The minimum absolute atomic E-state index is 0.153. The van der Waals surface area contributed by atoms with Gasteiger partial charge in [0.2, 0.25) is 0 Å². The van der Waals surface area contributed by atoms with Crippen LogP contribution in [0.15, 0.2) is 176 Å². The summed E-state index contributed by atoms with van der Waals surface area (Å²) >= 11 is 1.85. The van der Waals surface area contributed by atoms with Gasteiger partial charge in [0.1, 0.15) is 0 Å². The van der Waals surface area contributed by atoms with Crippen LogP contribution in [-0.2, 0) is 5.41 Å². The molecule has 8 aromatic carbocycles. The van der Waals surface area contributed by atoms with E-state index in [1.165, 1.54) is 59.1 Å². The van der Waals surface area contributed by atoms with Crippen LogP contribution in [0.1, 0.15) is 25.0 Å². The summed E-state index contributed by atoms with van der Waals surface area (Å²) in [6, 6.07) is 62.8. The van der Waals surface area contributed by atoms with E-state index in [0.29, 0.717) is 11.5 Å². The van der Waals surface area contributed by atoms with E-state index in [-0.39, 0.29) is 5.41 Å². The van der Waals surface area contributed by atoms with Gasteiger partial charge in [-0.2, -0.15) is 0 Å². The summed E-state index contributed by atoms with van der Waals surface area (Å²) in [5.74, 6) is 2.84. The molecule has 1 aliphatic heterocycles. The van der Waals surface area contributed by atoms with Crippen LogP contribution in [0, 0.1) is 0 Å². The maximum atomic E-state index is 6.94. The summed E-state index contributed by atoms with van der Waals surface area (Å²) in [5, 5.41) is 2.62. The number of ether oxygens (including phenoxy) is 2. The van der Waals surface area contributed by atoms with Gasteiger partial charge in [-0.05, 0) is 105 Å². The number of hydrogen-bond acceptors (Lipinski definition) is 4. The first-order chi connectivity index (χ1) is 27.0. The molecule has 262 valence electrons. The fourth-order valence-corrected chi connectivity index (χ4v) is 9.67. The van der Waals surface area contributed by atoms with Crippen molar-refractivity contribution in [1.29, 1.82) is 0 Å². The van der Waals surface area contributed by atoms with E-state index >= 15 is 0 Å². The predicted octanol–water partition coefficient (Wildman–Crippen LogP) is 15.1. The van der Waals surface area contributed by atoms with E-state index in [4.69, 9.17) is 9.47 Å². The highest BCUT2D eigenvalue weighted by Gasteiger charge is 2.38. The van der Waals surface area contributed by atoms with Crippen molar-refractivity contribution >= 4 is 48.6 Å². The van der Waals surface area contributed by atoms with Crippen molar-refractivity contribution in [2.24, 2.45) is 0 Å². The molecule has 3 nitrogen and oxygen atoms in total. The monoisotopic (exact) mass is 725 g/mol. The predicted molar refractivity (Wildman–Crippen MR) is 229 cm³/mol. The Morgan fingerprint density at radius 3 is 1.87 bits per heavy atom. The molecule has 0 radical (unpaired) electrons. The molecule has 0 saturated carbocycles. The summed E-state index contributed by atoms with van der Waals surface area (Å²) in [4.78, 5) is 2.27. The molecule has 2 heterocycles. The molecule has 0 fully saturated rings. The maximum absolute atomic E-state index is 6.94. The Bertz CT molecular complexity index is 2940. The van der Waals surface area contributed by atoms with Gasteiger partial charge in [-0.15, -0.1) is 11.3 Å². The lowest BCUT2D eigenvalue weighted by atomic mass is 9.82. The Hall–Kier alpha value is -6.62. The Kier molecular flexibility index (Phi) is 7.07. The van der Waals surface area contributed by atoms with E-state index in [9.17, 15) is 0 Å². The van der Waals surface area contributed by atoms with Gasteiger partial charge in [-0.1, -0.05) is 129 Å². The molecule has 0 atom stereocenters. The summed E-state index contributed by atoms with van der Waals surface area (Å²) < 4.78 is 16.3. The summed E-state index contributed by atoms with van der Waals surface area (Å²) in [6.07, 6.45) is 0. The third-order valence-corrected chi connectivity index (χ3v) is 12.5. The number of anilines is 3. The molecule has 0 unspecified atom stereocenters. The van der Waals surface area contributed by atoms with Gasteiger partial charge in [0.05, 0.1) is 5.69 Å². The fourth-order valence-electron chi connectivity index (χ4n) is 8.53. The first-order valence-electron chi connectivity index (χ1n) is 18.7. The van der Waals surface area contributed by atoms with Crippen molar-refractivity contribution in [1.82, 2.24) is 0 Å². The van der Waals surface area contributed by atoms with Crippen molar-refractivity contribution in [2.45, 2.75) is 19.3 Å². The lowest BCUT2D eigenvalue weighted by Gasteiger charge is -2.31. The molecule has 1 aliphatic carbocycles. The highest BCUT2D eigenvalue weighted by molar-refractivity contribution is 7.25. The Morgan fingerprint density at radius 1 is 0.436 bits per heavy atom. The molecule has 1 aromatic heterocycles. The zero-order valence-corrected chi connectivity index (χ0v) is 31.2. The first-order valence-corrected chi connectivity index (χ1v) is 19.6. The van der Waals surface area contributed by atoms with Gasteiger partial charge < -0.3 is 14.4 Å². The van der Waals surface area contributed by atoms with Gasteiger partial charge in [-0.25, -0.2) is 0 Å². The van der Waals surface area contributed by atoms with Crippen LogP contribution in [0.4, 0.5) is 17.1 Å². The smallest absolute Gasteiger partial charge is 0.194 e. The van der Waals surface area contributed by atoms with E-state index < -0.39 is 0 Å². The number of fused-ring (bicyclic) bond motifs is 8. The third kappa shape index (κ3) is 5.10. The van der Waals surface area contributed by atoms with Crippen LogP contribution in [0.3, 0.4) is 0 Å². The molecular formula is C51H35NO2S. The van der Waals surface area contributed by atoms with Crippen LogP contribution >= 0.6 is 11.3 Å². The highest BCUT2D eigenvalue weighted by atomic mass is 32.1. The highest BCUT2D eigenvalue weighted by Crippen LogP contribution is 2.57. The normalized spacial score (nSPS) is 13.3. The lowest BCUT2D eigenvalue weighted by molar-refractivity contribution is 0.360. The number of rotatable bonds is 5. The number of hydrogen-bond donors (Lipinski definition) is 0. The number of para-hydroxylation sites is 1. The fraction of sp³-hybridized carbons (Fsp3) is 0.0588. The molecular weight excluding hydrogens is 691 g/mol. The van der Waals surface area contributed by atoms with Crippen molar-refractivity contribution in [3.8, 4) is 56.4 Å². The number of benzene rings is 8. The molecule has 2 aliphatic rings. The molecule has 0 amide bonds. The first kappa shape index (κ1) is 31.9. The maximum Gasteiger partial charge on any atom is 0.194 e. The SMILES string of the molecule is CC1(C)c2ccccc2-c2cc3c(cc21)Oc1c(cccc1N(c1ccc(-c2ccccc2)cc1)c1ccc(-c2ccc4c(c2)sc2ccccc24)cc1)O3. The van der Waals surface area contributed by atoms with Crippen molar-refractivity contribution in [3.63, 3.8) is 0 Å². The second-order valence-corrected chi connectivity index (χ2v) is 16.0. The Balaban J connectivity index is 1.01. The van der Waals surface area contributed by atoms with Crippen molar-refractivity contribution in [2.75, 3.05) is 4.90 Å². The van der Waals surface area contributed by atoms with Crippen LogP contribution in [0.5, 0.6) is 23.0 Å². The van der Waals surface area contributed by atoms with Crippen molar-refractivity contribution in [3.05, 3.63) is 187 Å². The van der Waals surface area contributed by atoms with E-state index in [2.05, 4.69) is 183 Å². The molecule has 9 aromatic rings. The lowest BCUT2D eigenvalue weighted by Crippen LogP contribution is -2.15. The molecule has 55 heavy (non-hydrogen) atoms. The molecule has 0 spiro atoms. The van der Waals surface area contributed by atoms with Gasteiger partial charge in [0, 0.05) is 37.0 Å². The summed E-state index contributed by atoms with van der Waals surface area (Å²) in [6.45, 7) is 4.58. The van der Waals surface area contributed by atoms with Crippen LogP contribution in [0.2, 0.25) is 0 Å². The quantitative estimate of drug-likeness (QED) is 0.176. The molecule has 0 bridgehead atoms. The van der Waals surface area contributed by atoms with E-state index in [1.807, 2.05) is 23.5 Å². The van der Waals surface area contributed by atoms with Gasteiger partial charge in [0.25, 0.3) is 0 Å². The molecule has 4 heteroatoms. The zero-order valence-electron chi connectivity index (χ0n) is 30.4. The second kappa shape index (κ2) is 12.2. The van der Waals surface area contributed by atoms with Crippen LogP contribution in [-0.4, -0.2) is 0 Å². The van der Waals surface area contributed by atoms with Gasteiger partial charge in [0.15, 0.2) is 23.0 Å². The average Bonchev–Trinajstić information content (AvgIpc) is 3.71. The summed E-state index contributed by atoms with van der Waals surface area (Å²) in [7, 11) is 0. The zero-order chi connectivity index (χ0) is 36.7. The van der Waals surface area contributed by atoms with Gasteiger partial charge >= 0.3 is 0 Å². The number of thiophene rings is 1. The average molecular weight is 726 g/mol. The largest absolute Gasteiger partial charge is 0.449 e. The molecule has 0 saturated heterocycles. The Labute approximate surface area is 324 Å². The minimum atomic E-state index is -0.153. The van der Waals surface area contributed by atoms with Gasteiger partial charge in [-0.3, -0.25) is 0 Å². The van der Waals surface area contributed by atoms with Crippen LogP contribution < -0.4 is 14.4 Å². The summed E-state index contributed by atoms with van der Waals surface area (Å²) in [5.41, 5.74) is 12.5.